The van der Waals surface area contributed by atoms with Crippen LogP contribution in [0.1, 0.15) is 12.5 Å². The normalized spacial score (nSPS) is 16.0. The Balaban J connectivity index is 2.41. The smallest absolute Gasteiger partial charge is 0.308 e. The molecule has 0 aromatic heterocycles. The molecule has 1 aromatic rings. The first-order valence-corrected chi connectivity index (χ1v) is 7.73. The third kappa shape index (κ3) is 3.84. The molecule has 0 atom stereocenters. The molecular formula is C13H10BrNO4S2. The predicted octanol–water partition coefficient (Wildman–Crippen LogP) is 2.87. The Kier molecular flexibility index (Phi) is 5.02. The van der Waals surface area contributed by atoms with Gasteiger partial charge in [0.25, 0.3) is 5.91 Å². The predicted molar refractivity (Wildman–Crippen MR) is 88.3 cm³/mol. The van der Waals surface area contributed by atoms with Gasteiger partial charge in [0.1, 0.15) is 4.32 Å². The Morgan fingerprint density at radius 1 is 1.48 bits per heavy atom. The van der Waals surface area contributed by atoms with Crippen molar-refractivity contribution in [2.24, 2.45) is 0 Å². The first-order chi connectivity index (χ1) is 9.90. The second-order valence-corrected chi connectivity index (χ2v) is 6.55. The zero-order valence-corrected chi connectivity index (χ0v) is 14.3. The highest BCUT2D eigenvalue weighted by Gasteiger charge is 2.22. The molecule has 0 unspecified atom stereocenters. The Morgan fingerprint density at radius 2 is 2.19 bits per heavy atom. The highest BCUT2D eigenvalue weighted by Crippen LogP contribution is 2.38. The zero-order valence-electron chi connectivity index (χ0n) is 11.1. The van der Waals surface area contributed by atoms with Gasteiger partial charge in [-0.2, -0.15) is 0 Å². The van der Waals surface area contributed by atoms with Crippen molar-refractivity contribution in [3.05, 3.63) is 27.1 Å². The van der Waals surface area contributed by atoms with Crippen LogP contribution in [-0.2, 0) is 9.59 Å². The van der Waals surface area contributed by atoms with E-state index in [9.17, 15) is 9.59 Å². The van der Waals surface area contributed by atoms with Crippen molar-refractivity contribution >= 4 is 62.2 Å². The lowest BCUT2D eigenvalue weighted by atomic mass is 10.2. The second kappa shape index (κ2) is 6.59. The molecule has 0 bridgehead atoms. The number of methoxy groups -OCH3 is 1. The molecule has 1 fully saturated rings. The number of esters is 1. The molecule has 0 aliphatic carbocycles. The van der Waals surface area contributed by atoms with Crippen LogP contribution in [0.4, 0.5) is 0 Å². The lowest BCUT2D eigenvalue weighted by molar-refractivity contribution is -0.132. The van der Waals surface area contributed by atoms with Crippen LogP contribution >= 0.6 is 39.9 Å². The van der Waals surface area contributed by atoms with Gasteiger partial charge >= 0.3 is 5.97 Å². The molecule has 1 N–H and O–H groups in total. The number of thiocarbonyl (C=S) groups is 1. The molecule has 0 saturated carbocycles. The van der Waals surface area contributed by atoms with E-state index in [1.165, 1.54) is 25.8 Å². The van der Waals surface area contributed by atoms with Crippen molar-refractivity contribution < 1.29 is 19.1 Å². The minimum atomic E-state index is -0.448. The van der Waals surface area contributed by atoms with Gasteiger partial charge in [-0.25, -0.2) is 0 Å². The van der Waals surface area contributed by atoms with Crippen LogP contribution in [0.25, 0.3) is 6.08 Å². The maximum atomic E-state index is 11.6. The van der Waals surface area contributed by atoms with E-state index in [4.69, 9.17) is 21.7 Å². The first kappa shape index (κ1) is 16.0. The van der Waals surface area contributed by atoms with E-state index < -0.39 is 5.97 Å². The van der Waals surface area contributed by atoms with E-state index in [1.807, 2.05) is 0 Å². The standard InChI is InChI=1S/C13H10BrNO4S2/c1-6(16)19-11-8(14)3-7(4-9(11)18-2)5-10-12(17)15-13(20)21-10/h3-5H,1-2H3,(H,15,17,20). The van der Waals surface area contributed by atoms with Gasteiger partial charge in [0.2, 0.25) is 0 Å². The number of carbonyl (C=O) groups excluding carboxylic acids is 2. The Bertz CT molecular complexity index is 672. The molecule has 2 rings (SSSR count). The van der Waals surface area contributed by atoms with Crippen LogP contribution in [0.5, 0.6) is 11.5 Å². The third-order valence-electron chi connectivity index (χ3n) is 2.44. The highest BCUT2D eigenvalue weighted by molar-refractivity contribution is 9.10. The van der Waals surface area contributed by atoms with Crippen LogP contribution in [-0.4, -0.2) is 23.3 Å². The lowest BCUT2D eigenvalue weighted by Gasteiger charge is -2.11. The van der Waals surface area contributed by atoms with Gasteiger partial charge in [-0.05, 0) is 39.7 Å². The van der Waals surface area contributed by atoms with E-state index >= 15 is 0 Å². The van der Waals surface area contributed by atoms with E-state index in [-0.39, 0.29) is 5.91 Å². The number of benzene rings is 1. The summed E-state index contributed by atoms with van der Waals surface area (Å²) in [6, 6.07) is 3.40. The van der Waals surface area contributed by atoms with Crippen LogP contribution < -0.4 is 14.8 Å². The summed E-state index contributed by atoms with van der Waals surface area (Å²) in [6.45, 7) is 1.31. The minimum Gasteiger partial charge on any atom is -0.493 e. The number of thioether (sulfide) groups is 1. The first-order valence-electron chi connectivity index (χ1n) is 5.71. The van der Waals surface area contributed by atoms with E-state index in [0.29, 0.717) is 25.2 Å². The molecule has 1 aliphatic rings. The quantitative estimate of drug-likeness (QED) is 0.372. The monoisotopic (exact) mass is 387 g/mol. The largest absolute Gasteiger partial charge is 0.493 e. The molecule has 110 valence electrons. The topological polar surface area (TPSA) is 64.6 Å². The number of ether oxygens (including phenoxy) is 2. The molecule has 1 amide bonds. The van der Waals surface area contributed by atoms with E-state index in [2.05, 4.69) is 21.2 Å². The number of carbonyl (C=O) groups is 2. The molecule has 21 heavy (non-hydrogen) atoms. The average Bonchev–Trinajstić information content (AvgIpc) is 2.70. The Morgan fingerprint density at radius 3 is 2.71 bits per heavy atom. The van der Waals surface area contributed by atoms with Crippen LogP contribution in [0.2, 0.25) is 0 Å². The van der Waals surface area contributed by atoms with Crippen molar-refractivity contribution in [2.75, 3.05) is 7.11 Å². The molecule has 8 heteroatoms. The Labute approximate surface area is 139 Å². The fourth-order valence-electron chi connectivity index (χ4n) is 1.64. The molecule has 0 radical (unpaired) electrons. The number of hydrogen-bond acceptors (Lipinski definition) is 6. The van der Waals surface area contributed by atoms with Gasteiger partial charge in [0.15, 0.2) is 11.5 Å². The minimum absolute atomic E-state index is 0.232. The van der Waals surface area contributed by atoms with Gasteiger partial charge < -0.3 is 14.8 Å². The average molecular weight is 388 g/mol. The highest BCUT2D eigenvalue weighted by atomic mass is 79.9. The van der Waals surface area contributed by atoms with Gasteiger partial charge in [-0.3, -0.25) is 9.59 Å². The number of hydrogen-bond donors (Lipinski definition) is 1. The summed E-state index contributed by atoms with van der Waals surface area (Å²) in [7, 11) is 1.47. The number of nitrogens with one attached hydrogen (secondary N) is 1. The van der Waals surface area contributed by atoms with Crippen molar-refractivity contribution in [3.63, 3.8) is 0 Å². The lowest BCUT2D eigenvalue weighted by Crippen LogP contribution is -2.17. The summed E-state index contributed by atoms with van der Waals surface area (Å²) in [6.07, 6.45) is 1.68. The van der Waals surface area contributed by atoms with Gasteiger partial charge in [0.05, 0.1) is 16.5 Å². The van der Waals surface area contributed by atoms with Crippen LogP contribution in [0.15, 0.2) is 21.5 Å². The summed E-state index contributed by atoms with van der Waals surface area (Å²) in [4.78, 5) is 23.2. The third-order valence-corrected chi connectivity index (χ3v) is 4.19. The summed E-state index contributed by atoms with van der Waals surface area (Å²) >= 11 is 9.45. The summed E-state index contributed by atoms with van der Waals surface area (Å²) in [5.41, 5.74) is 0.719. The fourth-order valence-corrected chi connectivity index (χ4v) is 3.22. The number of rotatable bonds is 3. The van der Waals surface area contributed by atoms with Crippen molar-refractivity contribution in [3.8, 4) is 11.5 Å². The van der Waals surface area contributed by atoms with Crippen LogP contribution in [0.3, 0.4) is 0 Å². The van der Waals surface area contributed by atoms with E-state index in [0.717, 1.165) is 5.56 Å². The SMILES string of the molecule is COc1cc(C=C2SC(=S)NC2=O)cc(Br)c1OC(C)=O. The number of amides is 1. The molecular weight excluding hydrogens is 378 g/mol. The fraction of sp³-hybridized carbons (Fsp3) is 0.154. The Hall–Kier alpha value is -1.38. The van der Waals surface area contributed by atoms with Crippen molar-refractivity contribution in [2.45, 2.75) is 6.92 Å². The summed E-state index contributed by atoms with van der Waals surface area (Å²) in [5, 5.41) is 2.54. The molecule has 1 aromatic carbocycles. The van der Waals surface area contributed by atoms with Gasteiger partial charge in [-0.15, -0.1) is 0 Å². The molecule has 1 saturated heterocycles. The molecule has 1 heterocycles. The number of halogens is 1. The zero-order chi connectivity index (χ0) is 15.6. The maximum absolute atomic E-state index is 11.6. The van der Waals surface area contributed by atoms with Gasteiger partial charge in [-0.1, -0.05) is 24.0 Å². The second-order valence-electron chi connectivity index (χ2n) is 3.98. The molecule has 5 nitrogen and oxygen atoms in total. The van der Waals surface area contributed by atoms with Crippen molar-refractivity contribution in [1.82, 2.24) is 5.32 Å². The van der Waals surface area contributed by atoms with Crippen LogP contribution in [0, 0.1) is 0 Å². The maximum Gasteiger partial charge on any atom is 0.308 e. The molecule has 0 spiro atoms. The summed E-state index contributed by atoms with van der Waals surface area (Å²) < 4.78 is 11.3. The molecule has 1 aliphatic heterocycles. The summed E-state index contributed by atoms with van der Waals surface area (Å²) in [5.74, 6) is 0.00364. The van der Waals surface area contributed by atoms with Gasteiger partial charge in [0, 0.05) is 6.92 Å². The van der Waals surface area contributed by atoms with Crippen molar-refractivity contribution in [1.29, 1.82) is 0 Å². The van der Waals surface area contributed by atoms with E-state index in [1.54, 1.807) is 18.2 Å².